The summed E-state index contributed by atoms with van der Waals surface area (Å²) in [5, 5.41) is 3.50. The molecule has 1 aromatic rings. The molecule has 1 heterocycles. The average Bonchev–Trinajstić information content (AvgIpc) is 2.33. The molecule has 0 radical (unpaired) electrons. The normalized spacial score (nSPS) is 25.1. The van der Waals surface area contributed by atoms with Crippen LogP contribution < -0.4 is 10.2 Å². The number of benzene rings is 1. The van der Waals surface area contributed by atoms with E-state index in [2.05, 4.69) is 40.0 Å². The van der Waals surface area contributed by atoms with Crippen molar-refractivity contribution in [2.75, 3.05) is 18.0 Å². The minimum Gasteiger partial charge on any atom is -0.365 e. The first-order valence-corrected chi connectivity index (χ1v) is 6.86. The van der Waals surface area contributed by atoms with Crippen LogP contribution >= 0.6 is 15.9 Å². The lowest BCUT2D eigenvalue weighted by molar-refractivity contribution is 0.397. The van der Waals surface area contributed by atoms with E-state index in [1.54, 1.807) is 12.1 Å². The van der Waals surface area contributed by atoms with Crippen molar-refractivity contribution in [1.82, 2.24) is 5.32 Å². The minimum absolute atomic E-state index is 0.179. The van der Waals surface area contributed by atoms with E-state index in [-0.39, 0.29) is 5.82 Å². The number of halogens is 2. The van der Waals surface area contributed by atoms with Crippen LogP contribution in [-0.4, -0.2) is 25.2 Å². The van der Waals surface area contributed by atoms with Gasteiger partial charge in [0, 0.05) is 29.6 Å². The maximum Gasteiger partial charge on any atom is 0.125 e. The zero-order chi connectivity index (χ0) is 12.4. The van der Waals surface area contributed by atoms with E-state index in [1.807, 2.05) is 0 Å². The zero-order valence-electron chi connectivity index (χ0n) is 10.2. The smallest absolute Gasteiger partial charge is 0.125 e. The molecule has 4 heteroatoms. The molecule has 2 nitrogen and oxygen atoms in total. The molecule has 2 unspecified atom stereocenters. The molecule has 94 valence electrons. The molecule has 0 aliphatic carbocycles. The lowest BCUT2D eigenvalue weighted by Crippen LogP contribution is -2.55. The molecule has 1 saturated heterocycles. The van der Waals surface area contributed by atoms with Crippen LogP contribution in [0.3, 0.4) is 0 Å². The van der Waals surface area contributed by atoms with Crippen molar-refractivity contribution < 1.29 is 4.39 Å². The molecule has 0 bridgehead atoms. The Morgan fingerprint density at radius 2 is 2.29 bits per heavy atom. The maximum atomic E-state index is 13.3. The van der Waals surface area contributed by atoms with Crippen LogP contribution in [0.15, 0.2) is 22.7 Å². The molecule has 17 heavy (non-hydrogen) atoms. The number of anilines is 1. The van der Waals surface area contributed by atoms with Crippen molar-refractivity contribution >= 4 is 21.6 Å². The molecule has 0 spiro atoms. The fourth-order valence-electron chi connectivity index (χ4n) is 2.24. The van der Waals surface area contributed by atoms with Gasteiger partial charge in [0.25, 0.3) is 0 Å². The second-order valence-electron chi connectivity index (χ2n) is 4.61. The zero-order valence-corrected chi connectivity index (χ0v) is 11.8. The highest BCUT2D eigenvalue weighted by Gasteiger charge is 2.25. The lowest BCUT2D eigenvalue weighted by Gasteiger charge is -2.40. The van der Waals surface area contributed by atoms with E-state index in [4.69, 9.17) is 0 Å². The SMILES string of the molecule is CCC1CN(c2cc(F)ccc2Br)C(C)CN1. The molecule has 1 aliphatic heterocycles. The molecule has 1 fully saturated rings. The highest BCUT2D eigenvalue weighted by molar-refractivity contribution is 9.10. The van der Waals surface area contributed by atoms with Gasteiger partial charge in [-0.05, 0) is 47.5 Å². The Bertz CT molecular complexity index is 397. The van der Waals surface area contributed by atoms with Crippen LogP contribution in [0.25, 0.3) is 0 Å². The molecule has 1 N–H and O–H groups in total. The Balaban J connectivity index is 2.27. The molecule has 1 aliphatic rings. The fraction of sp³-hybridized carbons (Fsp3) is 0.538. The Morgan fingerprint density at radius 1 is 1.53 bits per heavy atom. The summed E-state index contributed by atoms with van der Waals surface area (Å²) < 4.78 is 14.3. The fourth-order valence-corrected chi connectivity index (χ4v) is 2.72. The van der Waals surface area contributed by atoms with Gasteiger partial charge in [-0.2, -0.15) is 0 Å². The first-order valence-electron chi connectivity index (χ1n) is 6.07. The maximum absolute atomic E-state index is 13.3. The van der Waals surface area contributed by atoms with Gasteiger partial charge in [-0.3, -0.25) is 0 Å². The van der Waals surface area contributed by atoms with E-state index in [0.29, 0.717) is 12.1 Å². The Kier molecular flexibility index (Phi) is 4.05. The number of rotatable bonds is 2. The van der Waals surface area contributed by atoms with Crippen LogP contribution in [0.5, 0.6) is 0 Å². The molecule has 0 amide bonds. The van der Waals surface area contributed by atoms with Crippen molar-refractivity contribution in [2.45, 2.75) is 32.4 Å². The van der Waals surface area contributed by atoms with Crippen LogP contribution in [0, 0.1) is 5.82 Å². The summed E-state index contributed by atoms with van der Waals surface area (Å²) in [4.78, 5) is 2.28. The largest absolute Gasteiger partial charge is 0.365 e. The first kappa shape index (κ1) is 12.8. The molecule has 0 saturated carbocycles. The van der Waals surface area contributed by atoms with Crippen molar-refractivity contribution in [3.8, 4) is 0 Å². The van der Waals surface area contributed by atoms with Crippen molar-refractivity contribution in [1.29, 1.82) is 0 Å². The Labute approximate surface area is 110 Å². The summed E-state index contributed by atoms with van der Waals surface area (Å²) in [5.41, 5.74) is 0.956. The molecular formula is C13H18BrFN2. The number of hydrogen-bond donors (Lipinski definition) is 1. The lowest BCUT2D eigenvalue weighted by atomic mass is 10.1. The van der Waals surface area contributed by atoms with Gasteiger partial charge in [-0.15, -0.1) is 0 Å². The van der Waals surface area contributed by atoms with E-state index < -0.39 is 0 Å². The number of nitrogens with zero attached hydrogens (tertiary/aromatic N) is 1. The third-order valence-corrected chi connectivity index (χ3v) is 4.03. The second kappa shape index (κ2) is 5.36. The van der Waals surface area contributed by atoms with E-state index >= 15 is 0 Å². The third kappa shape index (κ3) is 2.80. The Hall–Kier alpha value is -0.610. The van der Waals surface area contributed by atoms with Crippen LogP contribution in [0.1, 0.15) is 20.3 Å². The summed E-state index contributed by atoms with van der Waals surface area (Å²) in [6.07, 6.45) is 1.09. The van der Waals surface area contributed by atoms with Gasteiger partial charge in [0.15, 0.2) is 0 Å². The van der Waals surface area contributed by atoms with E-state index in [1.165, 1.54) is 6.07 Å². The van der Waals surface area contributed by atoms with Gasteiger partial charge in [-0.25, -0.2) is 4.39 Å². The van der Waals surface area contributed by atoms with Gasteiger partial charge < -0.3 is 10.2 Å². The number of piperazine rings is 1. The van der Waals surface area contributed by atoms with Gasteiger partial charge in [0.2, 0.25) is 0 Å². The topological polar surface area (TPSA) is 15.3 Å². The number of hydrogen-bond acceptors (Lipinski definition) is 2. The van der Waals surface area contributed by atoms with Crippen molar-refractivity contribution in [2.24, 2.45) is 0 Å². The predicted octanol–water partition coefficient (Wildman–Crippen LogP) is 3.16. The quantitative estimate of drug-likeness (QED) is 0.902. The van der Waals surface area contributed by atoms with Gasteiger partial charge >= 0.3 is 0 Å². The second-order valence-corrected chi connectivity index (χ2v) is 5.46. The first-order chi connectivity index (χ1) is 8.11. The highest BCUT2D eigenvalue weighted by atomic mass is 79.9. The van der Waals surface area contributed by atoms with Gasteiger partial charge in [-0.1, -0.05) is 6.92 Å². The van der Waals surface area contributed by atoms with Gasteiger partial charge in [0.05, 0.1) is 5.69 Å². The van der Waals surface area contributed by atoms with Crippen molar-refractivity contribution in [3.63, 3.8) is 0 Å². The summed E-state index contributed by atoms with van der Waals surface area (Å²) in [6.45, 7) is 6.21. The summed E-state index contributed by atoms with van der Waals surface area (Å²) in [7, 11) is 0. The van der Waals surface area contributed by atoms with Crippen LogP contribution in [0.2, 0.25) is 0 Å². The molecule has 2 rings (SSSR count). The average molecular weight is 301 g/mol. The summed E-state index contributed by atoms with van der Waals surface area (Å²) >= 11 is 3.51. The standard InChI is InChI=1S/C13H18BrFN2/c1-3-11-8-17(9(2)7-16-11)13-6-10(15)4-5-12(13)14/h4-6,9,11,16H,3,7-8H2,1-2H3. The Morgan fingerprint density at radius 3 is 3.00 bits per heavy atom. The predicted molar refractivity (Wildman–Crippen MR) is 73.0 cm³/mol. The monoisotopic (exact) mass is 300 g/mol. The third-order valence-electron chi connectivity index (χ3n) is 3.36. The van der Waals surface area contributed by atoms with Gasteiger partial charge in [0.1, 0.15) is 5.82 Å². The molecule has 0 aromatic heterocycles. The summed E-state index contributed by atoms with van der Waals surface area (Å²) in [6, 6.07) is 5.74. The van der Waals surface area contributed by atoms with E-state index in [9.17, 15) is 4.39 Å². The molecular weight excluding hydrogens is 283 g/mol. The molecule has 2 atom stereocenters. The van der Waals surface area contributed by atoms with E-state index in [0.717, 1.165) is 29.7 Å². The number of nitrogens with one attached hydrogen (secondary N) is 1. The van der Waals surface area contributed by atoms with Crippen LogP contribution in [0.4, 0.5) is 10.1 Å². The minimum atomic E-state index is -0.179. The highest BCUT2D eigenvalue weighted by Crippen LogP contribution is 2.29. The van der Waals surface area contributed by atoms with Crippen LogP contribution in [-0.2, 0) is 0 Å². The molecule has 1 aromatic carbocycles. The summed E-state index contributed by atoms with van der Waals surface area (Å²) in [5.74, 6) is -0.179. The van der Waals surface area contributed by atoms with Crippen molar-refractivity contribution in [3.05, 3.63) is 28.5 Å².